The van der Waals surface area contributed by atoms with Gasteiger partial charge in [-0.15, -0.1) is 0 Å². The van der Waals surface area contributed by atoms with E-state index in [0.29, 0.717) is 0 Å². The van der Waals surface area contributed by atoms with Crippen LogP contribution >= 0.6 is 27.5 Å². The quantitative estimate of drug-likeness (QED) is 0.879. The van der Waals surface area contributed by atoms with Gasteiger partial charge < -0.3 is 5.32 Å². The molecule has 0 atom stereocenters. The van der Waals surface area contributed by atoms with Crippen molar-refractivity contribution in [2.75, 3.05) is 13.6 Å². The summed E-state index contributed by atoms with van der Waals surface area (Å²) in [7, 11) is 1.96. The van der Waals surface area contributed by atoms with Crippen LogP contribution < -0.4 is 5.32 Å². The van der Waals surface area contributed by atoms with Gasteiger partial charge in [-0.3, -0.25) is 0 Å². The highest BCUT2D eigenvalue weighted by Gasteiger charge is 1.98. The summed E-state index contributed by atoms with van der Waals surface area (Å²) in [5.41, 5.74) is 2.56. The van der Waals surface area contributed by atoms with E-state index in [-0.39, 0.29) is 0 Å². The van der Waals surface area contributed by atoms with Crippen LogP contribution in [0.3, 0.4) is 0 Å². The van der Waals surface area contributed by atoms with Gasteiger partial charge in [0.15, 0.2) is 0 Å². The van der Waals surface area contributed by atoms with Gasteiger partial charge in [-0.2, -0.15) is 0 Å². The fourth-order valence-corrected chi connectivity index (χ4v) is 1.86. The predicted octanol–water partition coefficient (Wildman–Crippen LogP) is 4.12. The highest BCUT2D eigenvalue weighted by atomic mass is 79.9. The highest BCUT2D eigenvalue weighted by molar-refractivity contribution is 9.10. The Morgan fingerprint density at radius 3 is 2.80 bits per heavy atom. The summed E-state index contributed by atoms with van der Waals surface area (Å²) in [6.45, 7) is 3.09. The summed E-state index contributed by atoms with van der Waals surface area (Å²) in [5.74, 6) is 0. The first-order chi connectivity index (χ1) is 7.17. The zero-order chi connectivity index (χ0) is 11.3. The molecule has 0 aliphatic rings. The smallest absolute Gasteiger partial charge is 0.0548 e. The van der Waals surface area contributed by atoms with Crippen molar-refractivity contribution in [1.82, 2.24) is 5.32 Å². The molecule has 1 rings (SSSR count). The topological polar surface area (TPSA) is 12.0 Å². The van der Waals surface area contributed by atoms with E-state index in [9.17, 15) is 0 Å². The van der Waals surface area contributed by atoms with Crippen LogP contribution in [0.4, 0.5) is 0 Å². The molecule has 1 N–H and O–H groups in total. The third-order valence-electron chi connectivity index (χ3n) is 2.17. The van der Waals surface area contributed by atoms with Crippen molar-refractivity contribution in [3.8, 4) is 0 Å². The fourth-order valence-electron chi connectivity index (χ4n) is 1.34. The minimum absolute atomic E-state index is 0.749. The zero-order valence-corrected chi connectivity index (χ0v) is 11.3. The zero-order valence-electron chi connectivity index (χ0n) is 8.98. The molecule has 0 saturated carbocycles. The summed E-state index contributed by atoms with van der Waals surface area (Å²) in [5, 5.41) is 3.91. The van der Waals surface area contributed by atoms with Crippen LogP contribution in [0.25, 0.3) is 6.08 Å². The van der Waals surface area contributed by atoms with Gasteiger partial charge in [-0.25, -0.2) is 0 Å². The second kappa shape index (κ2) is 6.31. The number of hydrogen-bond acceptors (Lipinski definition) is 1. The molecular weight excluding hydrogens is 273 g/mol. The Labute approximate surface area is 105 Å². The first-order valence-corrected chi connectivity index (χ1v) is 6.13. The lowest BCUT2D eigenvalue weighted by atomic mass is 10.1. The van der Waals surface area contributed by atoms with Gasteiger partial charge >= 0.3 is 0 Å². The predicted molar refractivity (Wildman–Crippen MR) is 71.3 cm³/mol. The van der Waals surface area contributed by atoms with E-state index in [1.807, 2.05) is 25.2 Å². The van der Waals surface area contributed by atoms with E-state index in [0.717, 1.165) is 22.5 Å². The molecule has 1 aromatic rings. The third-order valence-corrected chi connectivity index (χ3v) is 3.39. The molecule has 0 bridgehead atoms. The molecular formula is C12H15BrClN. The molecule has 0 radical (unpaired) electrons. The van der Waals surface area contributed by atoms with Crippen LogP contribution in [0.15, 0.2) is 28.2 Å². The van der Waals surface area contributed by atoms with Gasteiger partial charge in [0, 0.05) is 11.0 Å². The van der Waals surface area contributed by atoms with Crippen molar-refractivity contribution in [3.63, 3.8) is 0 Å². The Morgan fingerprint density at radius 2 is 2.27 bits per heavy atom. The molecule has 15 heavy (non-hydrogen) atoms. The molecule has 0 saturated heterocycles. The van der Waals surface area contributed by atoms with Gasteiger partial charge in [0.1, 0.15) is 0 Å². The van der Waals surface area contributed by atoms with Crippen LogP contribution in [0.1, 0.15) is 18.9 Å². The van der Waals surface area contributed by atoms with Crippen molar-refractivity contribution in [3.05, 3.63) is 38.8 Å². The van der Waals surface area contributed by atoms with Gasteiger partial charge in [-0.1, -0.05) is 36.2 Å². The maximum Gasteiger partial charge on any atom is 0.0548 e. The third kappa shape index (κ3) is 3.98. The molecule has 1 nitrogen and oxygen atoms in total. The summed E-state index contributed by atoms with van der Waals surface area (Å²) in [4.78, 5) is 0. The lowest BCUT2D eigenvalue weighted by molar-refractivity contribution is 0.851. The lowest BCUT2D eigenvalue weighted by Crippen LogP contribution is -2.09. The normalized spacial score (nSPS) is 11.9. The lowest BCUT2D eigenvalue weighted by Gasteiger charge is -2.04. The Kier molecular flexibility index (Phi) is 5.37. The first kappa shape index (κ1) is 12.8. The van der Waals surface area contributed by atoms with Gasteiger partial charge in [0.2, 0.25) is 0 Å². The standard InChI is InChI=1S/C12H15BrClN/c1-3-9(8-15-2)6-10-4-5-12(14)11(13)7-10/h4-7,15H,3,8H2,1-2H3/b9-6-. The molecule has 0 spiro atoms. The molecule has 0 aliphatic heterocycles. The molecule has 3 heteroatoms. The molecule has 82 valence electrons. The van der Waals surface area contributed by atoms with Crippen LogP contribution in [0.5, 0.6) is 0 Å². The maximum atomic E-state index is 5.93. The van der Waals surface area contributed by atoms with Crippen LogP contribution in [0, 0.1) is 0 Å². The number of rotatable bonds is 4. The van der Waals surface area contributed by atoms with E-state index >= 15 is 0 Å². The summed E-state index contributed by atoms with van der Waals surface area (Å²) in [6.07, 6.45) is 3.25. The van der Waals surface area contributed by atoms with E-state index in [4.69, 9.17) is 11.6 Å². The monoisotopic (exact) mass is 287 g/mol. The Morgan fingerprint density at radius 1 is 1.53 bits per heavy atom. The van der Waals surface area contributed by atoms with Gasteiger partial charge in [0.05, 0.1) is 5.02 Å². The van der Waals surface area contributed by atoms with E-state index in [1.54, 1.807) is 0 Å². The number of hydrogen-bond donors (Lipinski definition) is 1. The molecule has 0 fully saturated rings. The first-order valence-electron chi connectivity index (χ1n) is 4.96. The van der Waals surface area contributed by atoms with E-state index in [1.165, 1.54) is 11.1 Å². The van der Waals surface area contributed by atoms with E-state index < -0.39 is 0 Å². The number of benzene rings is 1. The summed E-state index contributed by atoms with van der Waals surface area (Å²) in [6, 6.07) is 5.97. The number of halogens is 2. The van der Waals surface area contributed by atoms with Crippen molar-refractivity contribution >= 4 is 33.6 Å². The number of likely N-dealkylation sites (N-methyl/N-ethyl adjacent to an activating group) is 1. The molecule has 0 unspecified atom stereocenters. The van der Waals surface area contributed by atoms with Gasteiger partial charge in [0.25, 0.3) is 0 Å². The average Bonchev–Trinajstić information content (AvgIpc) is 2.23. The largest absolute Gasteiger partial charge is 0.316 e. The molecule has 0 amide bonds. The summed E-state index contributed by atoms with van der Waals surface area (Å²) >= 11 is 9.35. The highest BCUT2D eigenvalue weighted by Crippen LogP contribution is 2.24. The van der Waals surface area contributed by atoms with Gasteiger partial charge in [-0.05, 0) is 47.1 Å². The minimum Gasteiger partial charge on any atom is -0.316 e. The Hall–Kier alpha value is -0.310. The number of nitrogens with one attached hydrogen (secondary N) is 1. The second-order valence-electron chi connectivity index (χ2n) is 3.36. The van der Waals surface area contributed by atoms with Crippen LogP contribution in [0.2, 0.25) is 5.02 Å². The average molecular weight is 289 g/mol. The molecule has 0 heterocycles. The summed E-state index contributed by atoms with van der Waals surface area (Å²) < 4.78 is 0.942. The van der Waals surface area contributed by atoms with Crippen molar-refractivity contribution in [1.29, 1.82) is 0 Å². The van der Waals surface area contributed by atoms with Crippen LogP contribution in [-0.2, 0) is 0 Å². The molecule has 1 aromatic carbocycles. The maximum absolute atomic E-state index is 5.93. The SMILES string of the molecule is CC/C(=C/c1ccc(Cl)c(Br)c1)CNC. The second-order valence-corrected chi connectivity index (χ2v) is 4.62. The Bertz CT molecular complexity index is 361. The van der Waals surface area contributed by atoms with E-state index in [2.05, 4.69) is 34.2 Å². The minimum atomic E-state index is 0.749. The molecule has 0 aliphatic carbocycles. The van der Waals surface area contributed by atoms with Crippen molar-refractivity contribution < 1.29 is 0 Å². The molecule has 0 aromatic heterocycles. The Balaban J connectivity index is 2.91. The fraction of sp³-hybridized carbons (Fsp3) is 0.333. The van der Waals surface area contributed by atoms with Crippen LogP contribution in [-0.4, -0.2) is 13.6 Å². The van der Waals surface area contributed by atoms with Crippen molar-refractivity contribution in [2.24, 2.45) is 0 Å². The van der Waals surface area contributed by atoms with Crippen molar-refractivity contribution in [2.45, 2.75) is 13.3 Å².